The molecule has 6 nitrogen and oxygen atoms in total. The van der Waals surface area contributed by atoms with Crippen LogP contribution in [0.5, 0.6) is 0 Å². The zero-order valence-corrected chi connectivity index (χ0v) is 15.5. The summed E-state index contributed by atoms with van der Waals surface area (Å²) in [5, 5.41) is 7.82. The summed E-state index contributed by atoms with van der Waals surface area (Å²) in [6, 6.07) is 3.96. The monoisotopic (exact) mass is 415 g/mol. The molecule has 0 aliphatic carbocycles. The number of nitrogens with two attached hydrogens (primary N) is 1. The van der Waals surface area contributed by atoms with Gasteiger partial charge in [0.05, 0.1) is 0 Å². The van der Waals surface area contributed by atoms with Crippen molar-refractivity contribution in [3.05, 3.63) is 36.0 Å². The molecule has 0 saturated carbocycles. The summed E-state index contributed by atoms with van der Waals surface area (Å²) in [4.78, 5) is 4.87. The normalized spacial score (nSPS) is 18.3. The van der Waals surface area contributed by atoms with Gasteiger partial charge in [0.1, 0.15) is 0 Å². The molecular formula is C16H17N5OSn. The van der Waals surface area contributed by atoms with E-state index in [1.54, 1.807) is 17.0 Å². The van der Waals surface area contributed by atoms with Gasteiger partial charge in [-0.1, -0.05) is 0 Å². The molecule has 116 valence electrons. The van der Waals surface area contributed by atoms with Crippen molar-refractivity contribution >= 4 is 37.5 Å². The van der Waals surface area contributed by atoms with Crippen molar-refractivity contribution in [2.45, 2.75) is 18.8 Å². The second-order valence-corrected chi connectivity index (χ2v) is 6.65. The number of anilines is 1. The van der Waals surface area contributed by atoms with E-state index in [0.29, 0.717) is 11.7 Å². The van der Waals surface area contributed by atoms with Crippen LogP contribution >= 0.6 is 0 Å². The van der Waals surface area contributed by atoms with E-state index in [-0.39, 0.29) is 0 Å². The van der Waals surface area contributed by atoms with Crippen molar-refractivity contribution in [2.75, 3.05) is 18.8 Å². The first-order chi connectivity index (χ1) is 11.3. The molecule has 3 aromatic heterocycles. The average Bonchev–Trinajstić information content (AvgIpc) is 3.22. The van der Waals surface area contributed by atoms with Gasteiger partial charge in [0.2, 0.25) is 0 Å². The van der Waals surface area contributed by atoms with Crippen molar-refractivity contribution in [1.82, 2.24) is 19.9 Å². The maximum absolute atomic E-state index is 6.20. The zero-order valence-electron chi connectivity index (χ0n) is 12.6. The predicted octanol–water partition coefficient (Wildman–Crippen LogP) is 1.36. The van der Waals surface area contributed by atoms with E-state index < -0.39 is 0 Å². The van der Waals surface area contributed by atoms with Crippen molar-refractivity contribution in [3.8, 4) is 11.1 Å². The van der Waals surface area contributed by atoms with Crippen LogP contribution in [0.15, 0.2) is 29.0 Å². The van der Waals surface area contributed by atoms with E-state index in [0.717, 1.165) is 47.7 Å². The minimum absolute atomic E-state index is 0.409. The standard InChI is InChI=1S/C16H17N5O.Sn/c1-10-5-12(9-22-10)13-8-19-21-15(17)6-14(20-16(13)21)11-3-2-4-18-7-11;/h1,5-6,8-9,11,18H,2-4,7,17H2;. The molecule has 4 heterocycles. The van der Waals surface area contributed by atoms with Gasteiger partial charge in [-0.15, -0.1) is 0 Å². The molecule has 23 heavy (non-hydrogen) atoms. The molecule has 4 rings (SSSR count). The fourth-order valence-electron chi connectivity index (χ4n) is 3.09. The third-order valence-electron chi connectivity index (χ3n) is 4.31. The van der Waals surface area contributed by atoms with E-state index in [1.807, 2.05) is 16.2 Å². The van der Waals surface area contributed by atoms with Gasteiger partial charge in [-0.05, 0) is 0 Å². The minimum atomic E-state index is 0.409. The van der Waals surface area contributed by atoms with Crippen LogP contribution in [0, 0.1) is 0 Å². The van der Waals surface area contributed by atoms with Crippen LogP contribution in [0.1, 0.15) is 30.2 Å². The van der Waals surface area contributed by atoms with Crippen LogP contribution < -0.4 is 11.1 Å². The summed E-state index contributed by atoms with van der Waals surface area (Å²) in [6.45, 7) is 2.04. The molecule has 2 radical (unpaired) electrons. The average molecular weight is 414 g/mol. The molecule has 1 saturated heterocycles. The Morgan fingerprint density at radius 1 is 1.43 bits per heavy atom. The van der Waals surface area contributed by atoms with Crippen LogP contribution in [-0.2, 0) is 0 Å². The van der Waals surface area contributed by atoms with Crippen LogP contribution in [0.2, 0.25) is 0 Å². The van der Waals surface area contributed by atoms with Gasteiger partial charge < -0.3 is 0 Å². The Balaban J connectivity index is 1.82. The number of fused-ring (bicyclic) bond motifs is 1. The number of furan rings is 1. The first-order valence-electron chi connectivity index (χ1n) is 7.70. The third-order valence-corrected chi connectivity index (χ3v) is 5.12. The second kappa shape index (κ2) is 6.08. The molecule has 3 aromatic rings. The third kappa shape index (κ3) is 2.70. The fraction of sp³-hybridized carbons (Fsp3) is 0.312. The van der Waals surface area contributed by atoms with Crippen LogP contribution in [0.4, 0.5) is 5.82 Å². The van der Waals surface area contributed by atoms with E-state index in [2.05, 4.69) is 10.4 Å². The van der Waals surface area contributed by atoms with Crippen LogP contribution in [0.25, 0.3) is 16.8 Å². The summed E-state index contributed by atoms with van der Waals surface area (Å²) in [5.41, 5.74) is 9.97. The van der Waals surface area contributed by atoms with E-state index >= 15 is 0 Å². The fourth-order valence-corrected chi connectivity index (χ4v) is 3.52. The molecule has 0 spiro atoms. The van der Waals surface area contributed by atoms with Crippen molar-refractivity contribution < 1.29 is 4.42 Å². The van der Waals surface area contributed by atoms with Gasteiger partial charge in [-0.2, -0.15) is 0 Å². The van der Waals surface area contributed by atoms with Crippen LogP contribution in [0.3, 0.4) is 0 Å². The summed E-state index contributed by atoms with van der Waals surface area (Å²) in [7, 11) is 0. The van der Waals surface area contributed by atoms with Gasteiger partial charge >= 0.3 is 147 Å². The number of nitrogens with one attached hydrogen (secondary N) is 1. The molecule has 0 bridgehead atoms. The number of hydrogen-bond acceptors (Lipinski definition) is 5. The Morgan fingerprint density at radius 3 is 3.09 bits per heavy atom. The number of nitrogen functional groups attached to an aromatic ring is 1. The molecule has 0 aromatic carbocycles. The Labute approximate surface area is 146 Å². The maximum atomic E-state index is 6.20. The van der Waals surface area contributed by atoms with Crippen molar-refractivity contribution in [3.63, 3.8) is 0 Å². The summed E-state index contributed by atoms with van der Waals surface area (Å²) >= 11 is 1.31. The SMILES string of the molecule is Nc1cc(C2CCCNC2)nc2c(-c3coc([CH]=[Sn])c3)cnn12. The van der Waals surface area contributed by atoms with Gasteiger partial charge in [0.15, 0.2) is 0 Å². The van der Waals surface area contributed by atoms with Gasteiger partial charge in [-0.25, -0.2) is 0 Å². The van der Waals surface area contributed by atoms with Crippen molar-refractivity contribution in [2.24, 2.45) is 0 Å². The van der Waals surface area contributed by atoms with Crippen LogP contribution in [-0.4, -0.2) is 53.8 Å². The van der Waals surface area contributed by atoms with Gasteiger partial charge in [-0.3, -0.25) is 0 Å². The summed E-state index contributed by atoms with van der Waals surface area (Å²) < 4.78 is 9.24. The summed E-state index contributed by atoms with van der Waals surface area (Å²) in [5.74, 6) is 1.90. The van der Waals surface area contributed by atoms with Crippen molar-refractivity contribution in [1.29, 1.82) is 0 Å². The molecule has 3 N–H and O–H groups in total. The van der Waals surface area contributed by atoms with E-state index in [1.165, 1.54) is 28.5 Å². The molecule has 1 atom stereocenters. The molecular weight excluding hydrogens is 397 g/mol. The number of aromatic nitrogens is 3. The number of piperidine rings is 1. The number of nitrogens with zero attached hydrogens (tertiary/aromatic N) is 3. The molecule has 1 aliphatic rings. The molecule has 7 heteroatoms. The first-order valence-corrected chi connectivity index (χ1v) is 9.35. The predicted molar refractivity (Wildman–Crippen MR) is 90.9 cm³/mol. The molecule has 1 fully saturated rings. The molecule has 1 aliphatic heterocycles. The Hall–Kier alpha value is -1.67. The van der Waals surface area contributed by atoms with E-state index in [4.69, 9.17) is 15.1 Å². The molecule has 1 unspecified atom stereocenters. The first kappa shape index (κ1) is 14.9. The Bertz CT molecular complexity index is 863. The molecule has 0 amide bonds. The number of rotatable bonds is 3. The van der Waals surface area contributed by atoms with Gasteiger partial charge in [0.25, 0.3) is 0 Å². The van der Waals surface area contributed by atoms with E-state index in [9.17, 15) is 0 Å². The quantitative estimate of drug-likeness (QED) is 0.633. The second-order valence-electron chi connectivity index (χ2n) is 5.82. The number of hydrogen-bond donors (Lipinski definition) is 2. The van der Waals surface area contributed by atoms with Gasteiger partial charge in [0, 0.05) is 0 Å². The summed E-state index contributed by atoms with van der Waals surface area (Å²) in [6.07, 6.45) is 5.87. The zero-order chi connectivity index (χ0) is 15.8. The topological polar surface area (TPSA) is 81.4 Å². The Morgan fingerprint density at radius 2 is 2.35 bits per heavy atom. The Kier molecular flexibility index (Phi) is 3.94.